The van der Waals surface area contributed by atoms with Gasteiger partial charge in [0.15, 0.2) is 5.96 Å². The van der Waals surface area contributed by atoms with Crippen LogP contribution in [-0.2, 0) is 36.2 Å². The molecule has 0 heterocycles. The summed E-state index contributed by atoms with van der Waals surface area (Å²) in [7, 11) is -6.05. The average Bonchev–Trinajstić information content (AvgIpc) is 2.82. The van der Waals surface area contributed by atoms with Gasteiger partial charge < -0.3 is 26.3 Å². The van der Waals surface area contributed by atoms with E-state index in [9.17, 15) is 26.4 Å². The van der Waals surface area contributed by atoms with Crippen molar-refractivity contribution < 1.29 is 45.0 Å². The summed E-state index contributed by atoms with van der Waals surface area (Å²) in [6.45, 7) is 0. The van der Waals surface area contributed by atoms with Crippen LogP contribution in [0.25, 0.3) is 10.8 Å². The van der Waals surface area contributed by atoms with Gasteiger partial charge in [0.25, 0.3) is 20.2 Å². The molecule has 3 rings (SSSR count). The Morgan fingerprint density at radius 1 is 0.878 bits per heavy atom. The molecular weight excluding hydrogens is 582 g/mol. The Balaban J connectivity index is 0.000000722. The summed E-state index contributed by atoms with van der Waals surface area (Å²) in [6.07, 6.45) is 1.33. The number of carbonyl (C=O) groups excluding carboxylic acids is 2. The average molecular weight is 612 g/mol. The van der Waals surface area contributed by atoms with Crippen LogP contribution < -0.4 is 21.5 Å². The molecule has 0 unspecified atom stereocenters. The first-order valence-corrected chi connectivity index (χ1v) is 14.7. The molecule has 0 saturated heterocycles. The van der Waals surface area contributed by atoms with Gasteiger partial charge in [-0.2, -0.15) is 16.8 Å². The van der Waals surface area contributed by atoms with Gasteiger partial charge in [-0.1, -0.05) is 18.2 Å². The van der Waals surface area contributed by atoms with Crippen molar-refractivity contribution >= 4 is 60.4 Å². The number of nitrogens with two attached hydrogens (primary N) is 2. The van der Waals surface area contributed by atoms with E-state index in [1.54, 1.807) is 42.5 Å². The Hall–Kier alpha value is -4.58. The Kier molecular flexibility index (Phi) is 12.4. The predicted octanol–water partition coefficient (Wildman–Crippen LogP) is 1.37. The summed E-state index contributed by atoms with van der Waals surface area (Å²) >= 11 is 0. The number of anilines is 1. The highest BCUT2D eigenvalue weighted by molar-refractivity contribution is 7.85. The summed E-state index contributed by atoms with van der Waals surface area (Å²) in [6, 6.07) is 14.7. The second-order valence-corrected chi connectivity index (χ2v) is 11.0. The highest BCUT2D eigenvalue weighted by atomic mass is 32.2. The van der Waals surface area contributed by atoms with Crippen LogP contribution in [0.1, 0.15) is 21.5 Å². The number of nitrogen functional groups attached to an aromatic ring is 1. The third-order valence-corrected chi connectivity index (χ3v) is 4.55. The molecule has 0 amide bonds. The molecule has 0 aromatic heterocycles. The molecule has 0 fully saturated rings. The number of ether oxygens (including phenoxy) is 2. The number of guanidine groups is 1. The predicted molar refractivity (Wildman–Crippen MR) is 153 cm³/mol. The van der Waals surface area contributed by atoms with Crippen LogP contribution in [-0.4, -0.2) is 69.3 Å². The van der Waals surface area contributed by atoms with Crippen molar-refractivity contribution in [3.05, 3.63) is 71.3 Å². The summed E-state index contributed by atoms with van der Waals surface area (Å²) in [5.74, 6) is -1.16. The lowest BCUT2D eigenvalue weighted by atomic mass is 9.98. The number of benzene rings is 3. The van der Waals surface area contributed by atoms with Crippen LogP contribution in [0.2, 0.25) is 0 Å². The third kappa shape index (κ3) is 13.9. The van der Waals surface area contributed by atoms with Gasteiger partial charge in [-0.05, 0) is 47.2 Å². The number of nitrogens with one attached hydrogen (secondary N) is 3. The standard InChI is InChI=1S/C22H21N5O4.2CH4O3S/c1-30-19(28)11-17-16-8-4-14(20(23)24)10-13(16)5-9-18(17)31-21(29)12-2-6-15(7-3-12)27-22(25)26;2*1-5(2,3)4/h2-10H,11H2,1H3,(H3,23,24)(H4,25,26,27);2*1H3,(H,2,3,4). The number of fused-ring (bicyclic) bond motifs is 1. The Morgan fingerprint density at radius 2 is 1.39 bits per heavy atom. The van der Waals surface area contributed by atoms with Gasteiger partial charge >= 0.3 is 11.9 Å². The van der Waals surface area contributed by atoms with E-state index in [0.29, 0.717) is 34.7 Å². The normalized spacial score (nSPS) is 10.7. The van der Waals surface area contributed by atoms with Crippen LogP contribution in [0.5, 0.6) is 5.75 Å². The van der Waals surface area contributed by atoms with Crippen molar-refractivity contribution in [2.75, 3.05) is 24.9 Å². The van der Waals surface area contributed by atoms with Crippen LogP contribution >= 0.6 is 0 Å². The lowest BCUT2D eigenvalue weighted by Crippen LogP contribution is -2.20. The molecule has 222 valence electrons. The van der Waals surface area contributed by atoms with Crippen LogP contribution in [0, 0.1) is 10.8 Å². The molecule has 15 nitrogen and oxygen atoms in total. The zero-order valence-corrected chi connectivity index (χ0v) is 23.7. The first-order chi connectivity index (χ1) is 18.8. The van der Waals surface area contributed by atoms with E-state index in [-0.39, 0.29) is 29.5 Å². The van der Waals surface area contributed by atoms with E-state index in [4.69, 9.17) is 40.9 Å². The molecule has 3 aromatic carbocycles. The Morgan fingerprint density at radius 3 is 1.85 bits per heavy atom. The van der Waals surface area contributed by atoms with Gasteiger partial charge in [-0.3, -0.25) is 24.7 Å². The molecule has 9 N–H and O–H groups in total. The molecule has 0 saturated carbocycles. The van der Waals surface area contributed by atoms with E-state index in [1.807, 2.05) is 0 Å². The van der Waals surface area contributed by atoms with Crippen molar-refractivity contribution in [3.63, 3.8) is 0 Å². The van der Waals surface area contributed by atoms with E-state index in [2.05, 4.69) is 5.32 Å². The Bertz CT molecular complexity index is 1610. The van der Waals surface area contributed by atoms with Crippen molar-refractivity contribution in [1.29, 1.82) is 10.8 Å². The minimum absolute atomic E-state index is 0.0744. The van der Waals surface area contributed by atoms with Crippen molar-refractivity contribution in [2.24, 2.45) is 11.5 Å². The molecular formula is C24H29N5O10S2. The van der Waals surface area contributed by atoms with Gasteiger partial charge in [0.1, 0.15) is 11.6 Å². The first-order valence-electron chi connectivity index (χ1n) is 11.0. The molecule has 41 heavy (non-hydrogen) atoms. The largest absolute Gasteiger partial charge is 0.469 e. The number of hydrogen-bond acceptors (Lipinski definition) is 10. The van der Waals surface area contributed by atoms with Crippen molar-refractivity contribution in [2.45, 2.75) is 6.42 Å². The molecule has 0 aliphatic carbocycles. The molecule has 0 atom stereocenters. The molecule has 0 spiro atoms. The van der Waals surface area contributed by atoms with E-state index in [1.165, 1.54) is 19.2 Å². The fourth-order valence-electron chi connectivity index (χ4n) is 3.04. The molecule has 3 aromatic rings. The molecule has 0 radical (unpaired) electrons. The zero-order chi connectivity index (χ0) is 31.5. The van der Waals surface area contributed by atoms with Gasteiger partial charge in [-0.15, -0.1) is 0 Å². The maximum Gasteiger partial charge on any atom is 0.343 e. The number of methoxy groups -OCH3 is 1. The van der Waals surface area contributed by atoms with Gasteiger partial charge in [0.2, 0.25) is 0 Å². The molecule has 17 heteroatoms. The number of amidine groups is 1. The highest BCUT2D eigenvalue weighted by Gasteiger charge is 2.18. The maximum atomic E-state index is 12.7. The fourth-order valence-corrected chi connectivity index (χ4v) is 3.04. The summed E-state index contributed by atoms with van der Waals surface area (Å²) < 4.78 is 62.1. The number of rotatable bonds is 6. The van der Waals surface area contributed by atoms with Crippen molar-refractivity contribution in [1.82, 2.24) is 0 Å². The molecule has 0 aliphatic rings. The quantitative estimate of drug-likeness (QED) is 0.0683. The van der Waals surface area contributed by atoms with E-state index < -0.39 is 32.2 Å². The fraction of sp³-hybridized carbons (Fsp3) is 0.167. The minimum Gasteiger partial charge on any atom is -0.469 e. The van der Waals surface area contributed by atoms with Gasteiger partial charge in [0.05, 0.1) is 31.6 Å². The second kappa shape index (κ2) is 14.7. The van der Waals surface area contributed by atoms with E-state index in [0.717, 1.165) is 5.39 Å². The summed E-state index contributed by atoms with van der Waals surface area (Å²) in [4.78, 5) is 24.6. The lowest BCUT2D eigenvalue weighted by molar-refractivity contribution is -0.139. The third-order valence-electron chi connectivity index (χ3n) is 4.55. The highest BCUT2D eigenvalue weighted by Crippen LogP contribution is 2.30. The van der Waals surface area contributed by atoms with Crippen LogP contribution in [0.15, 0.2) is 54.6 Å². The maximum absolute atomic E-state index is 12.7. The topological polar surface area (TPSA) is 273 Å². The summed E-state index contributed by atoms with van der Waals surface area (Å²) in [5, 5.41) is 18.9. The van der Waals surface area contributed by atoms with Gasteiger partial charge in [-0.25, -0.2) is 4.79 Å². The minimum atomic E-state index is -3.67. The Labute approximate surface area is 236 Å². The smallest absolute Gasteiger partial charge is 0.343 e. The zero-order valence-electron chi connectivity index (χ0n) is 22.0. The molecule has 0 bridgehead atoms. The number of hydrogen-bond donors (Lipinski definition) is 7. The summed E-state index contributed by atoms with van der Waals surface area (Å²) in [5.41, 5.74) is 12.7. The monoisotopic (exact) mass is 611 g/mol. The number of esters is 2. The van der Waals surface area contributed by atoms with E-state index >= 15 is 0 Å². The van der Waals surface area contributed by atoms with Gasteiger partial charge in [0, 0.05) is 16.8 Å². The number of carbonyl (C=O) groups is 2. The van der Waals surface area contributed by atoms with Crippen LogP contribution in [0.4, 0.5) is 5.69 Å². The lowest BCUT2D eigenvalue weighted by Gasteiger charge is -2.14. The molecule has 0 aliphatic heterocycles. The second-order valence-electron chi connectivity index (χ2n) is 8.12. The SMILES string of the molecule is COC(=O)Cc1c(OC(=O)c2ccc(NC(=N)N)cc2)ccc2cc(C(=N)N)ccc12.CS(=O)(=O)O.CS(=O)(=O)O. The van der Waals surface area contributed by atoms with Crippen LogP contribution in [0.3, 0.4) is 0 Å². The van der Waals surface area contributed by atoms with Crippen molar-refractivity contribution in [3.8, 4) is 5.75 Å². The first kappa shape index (κ1) is 34.4.